The predicted octanol–water partition coefficient (Wildman–Crippen LogP) is 3.45. The van der Waals surface area contributed by atoms with Crippen LogP contribution in [-0.4, -0.2) is 31.1 Å². The van der Waals surface area contributed by atoms with Crippen molar-refractivity contribution in [2.45, 2.75) is 38.0 Å². The summed E-state index contributed by atoms with van der Waals surface area (Å²) in [6, 6.07) is 6.17. The highest BCUT2D eigenvalue weighted by molar-refractivity contribution is 5.26. The Kier molecular flexibility index (Phi) is 4.70. The lowest BCUT2D eigenvalue weighted by atomic mass is 10.0. The zero-order valence-electron chi connectivity index (χ0n) is 11.9. The summed E-state index contributed by atoms with van der Waals surface area (Å²) in [4.78, 5) is 2.37. The summed E-state index contributed by atoms with van der Waals surface area (Å²) in [6.07, 6.45) is -1.97. The van der Waals surface area contributed by atoms with Gasteiger partial charge >= 0.3 is 6.18 Å². The van der Waals surface area contributed by atoms with E-state index in [4.69, 9.17) is 0 Å². The lowest BCUT2D eigenvalue weighted by Crippen LogP contribution is -2.38. The van der Waals surface area contributed by atoms with Crippen molar-refractivity contribution in [1.29, 1.82) is 0 Å². The van der Waals surface area contributed by atoms with Gasteiger partial charge in [0.15, 0.2) is 0 Å². The minimum absolute atomic E-state index is 0.151. The molecule has 5 heteroatoms. The lowest BCUT2D eigenvalue weighted by Gasteiger charge is -2.31. The van der Waals surface area contributed by atoms with E-state index in [0.717, 1.165) is 31.5 Å². The summed E-state index contributed by atoms with van der Waals surface area (Å²) in [5, 5.41) is 3.18. The molecule has 0 aromatic heterocycles. The van der Waals surface area contributed by atoms with Crippen LogP contribution in [0.15, 0.2) is 24.3 Å². The Labute approximate surface area is 118 Å². The normalized spacial score (nSPS) is 22.1. The van der Waals surface area contributed by atoms with Gasteiger partial charge in [0.05, 0.1) is 5.56 Å². The van der Waals surface area contributed by atoms with E-state index in [1.54, 1.807) is 12.1 Å². The van der Waals surface area contributed by atoms with Crippen molar-refractivity contribution in [3.63, 3.8) is 0 Å². The first-order chi connectivity index (χ1) is 9.43. The molecule has 2 atom stereocenters. The fourth-order valence-corrected chi connectivity index (χ4v) is 2.96. The van der Waals surface area contributed by atoms with Crippen LogP contribution in [-0.2, 0) is 6.18 Å². The zero-order chi connectivity index (χ0) is 14.8. The van der Waals surface area contributed by atoms with Gasteiger partial charge in [-0.2, -0.15) is 13.2 Å². The minimum atomic E-state index is -4.26. The van der Waals surface area contributed by atoms with Gasteiger partial charge in [-0.1, -0.05) is 12.1 Å². The largest absolute Gasteiger partial charge is 0.416 e. The lowest BCUT2D eigenvalue weighted by molar-refractivity contribution is -0.137. The average molecular weight is 286 g/mol. The second-order valence-electron chi connectivity index (χ2n) is 5.39. The second-order valence-corrected chi connectivity index (χ2v) is 5.39. The zero-order valence-corrected chi connectivity index (χ0v) is 11.9. The molecule has 0 amide bonds. The summed E-state index contributed by atoms with van der Waals surface area (Å²) < 4.78 is 37.7. The van der Waals surface area contributed by atoms with Crippen molar-refractivity contribution >= 4 is 0 Å². The molecule has 1 aliphatic heterocycles. The molecule has 1 saturated heterocycles. The van der Waals surface area contributed by atoms with Crippen LogP contribution in [0.25, 0.3) is 0 Å². The number of likely N-dealkylation sites (tertiary alicyclic amines) is 1. The van der Waals surface area contributed by atoms with E-state index in [1.165, 1.54) is 12.1 Å². The Balaban J connectivity index is 2.11. The van der Waals surface area contributed by atoms with E-state index in [0.29, 0.717) is 6.04 Å². The molecular weight excluding hydrogens is 265 g/mol. The highest BCUT2D eigenvalue weighted by atomic mass is 19.4. The average Bonchev–Trinajstić information content (AvgIpc) is 2.86. The SMILES string of the molecule is CNCC1CCCN1C(C)c1ccc(C(F)(F)F)cc1. The Bertz CT molecular complexity index is 428. The van der Waals surface area contributed by atoms with Crippen LogP contribution in [0, 0.1) is 0 Å². The Morgan fingerprint density at radius 1 is 1.30 bits per heavy atom. The highest BCUT2D eigenvalue weighted by Gasteiger charge is 2.31. The maximum absolute atomic E-state index is 12.6. The number of alkyl halides is 3. The molecule has 1 fully saturated rings. The minimum Gasteiger partial charge on any atom is -0.318 e. The molecule has 1 aromatic rings. The summed E-state index contributed by atoms with van der Waals surface area (Å²) in [5.41, 5.74) is 0.364. The molecular formula is C15H21F3N2. The molecule has 2 unspecified atom stereocenters. The molecule has 2 nitrogen and oxygen atoms in total. The number of rotatable bonds is 4. The number of halogens is 3. The fourth-order valence-electron chi connectivity index (χ4n) is 2.96. The summed E-state index contributed by atoms with van der Waals surface area (Å²) >= 11 is 0. The van der Waals surface area contributed by atoms with E-state index in [1.807, 2.05) is 7.05 Å². The third-order valence-electron chi connectivity index (χ3n) is 4.08. The van der Waals surface area contributed by atoms with Crippen LogP contribution >= 0.6 is 0 Å². The summed E-state index contributed by atoms with van der Waals surface area (Å²) in [5.74, 6) is 0. The molecule has 0 radical (unpaired) electrons. The van der Waals surface area contributed by atoms with Crippen molar-refractivity contribution < 1.29 is 13.2 Å². The van der Waals surface area contributed by atoms with Gasteiger partial charge in [-0.15, -0.1) is 0 Å². The highest BCUT2D eigenvalue weighted by Crippen LogP contribution is 2.32. The molecule has 2 rings (SSSR count). The first kappa shape index (κ1) is 15.3. The van der Waals surface area contributed by atoms with Crippen molar-refractivity contribution in [2.24, 2.45) is 0 Å². The fraction of sp³-hybridized carbons (Fsp3) is 0.600. The topological polar surface area (TPSA) is 15.3 Å². The first-order valence-corrected chi connectivity index (χ1v) is 7.01. The molecule has 1 aromatic carbocycles. The van der Waals surface area contributed by atoms with Crippen molar-refractivity contribution in [2.75, 3.05) is 20.1 Å². The molecule has 0 aliphatic carbocycles. The van der Waals surface area contributed by atoms with Gasteiger partial charge in [0.25, 0.3) is 0 Å². The standard InChI is InChI=1S/C15H21F3N2/c1-11(20-9-3-4-14(20)10-19-2)12-5-7-13(8-6-12)15(16,17)18/h5-8,11,14,19H,3-4,9-10H2,1-2H3. The number of nitrogens with zero attached hydrogens (tertiary/aromatic N) is 1. The van der Waals surface area contributed by atoms with Gasteiger partial charge in [-0.3, -0.25) is 4.90 Å². The van der Waals surface area contributed by atoms with Gasteiger partial charge in [0, 0.05) is 18.6 Å². The maximum Gasteiger partial charge on any atom is 0.416 e. The number of nitrogens with one attached hydrogen (secondary N) is 1. The Morgan fingerprint density at radius 2 is 1.95 bits per heavy atom. The van der Waals surface area contributed by atoms with Crippen molar-refractivity contribution in [3.05, 3.63) is 35.4 Å². The van der Waals surface area contributed by atoms with Crippen LogP contribution in [0.5, 0.6) is 0 Å². The van der Waals surface area contributed by atoms with Crippen molar-refractivity contribution in [3.8, 4) is 0 Å². The van der Waals surface area contributed by atoms with E-state index < -0.39 is 11.7 Å². The van der Waals surface area contributed by atoms with Crippen LogP contribution in [0.4, 0.5) is 13.2 Å². The van der Waals surface area contributed by atoms with Crippen LogP contribution in [0.3, 0.4) is 0 Å². The number of hydrogen-bond acceptors (Lipinski definition) is 2. The molecule has 1 heterocycles. The van der Waals surface area contributed by atoms with Crippen LogP contribution in [0.1, 0.15) is 36.9 Å². The summed E-state index contributed by atoms with van der Waals surface area (Å²) in [7, 11) is 1.93. The van der Waals surface area contributed by atoms with E-state index in [9.17, 15) is 13.2 Å². The van der Waals surface area contributed by atoms with E-state index in [-0.39, 0.29) is 6.04 Å². The number of benzene rings is 1. The molecule has 112 valence electrons. The quantitative estimate of drug-likeness (QED) is 0.912. The van der Waals surface area contributed by atoms with E-state index in [2.05, 4.69) is 17.1 Å². The number of likely N-dealkylation sites (N-methyl/N-ethyl adjacent to an activating group) is 1. The second kappa shape index (κ2) is 6.14. The van der Waals surface area contributed by atoms with Gasteiger partial charge in [0.1, 0.15) is 0 Å². The molecule has 20 heavy (non-hydrogen) atoms. The smallest absolute Gasteiger partial charge is 0.318 e. The van der Waals surface area contributed by atoms with Crippen LogP contribution in [0.2, 0.25) is 0 Å². The van der Waals surface area contributed by atoms with Gasteiger partial charge in [-0.25, -0.2) is 0 Å². The Morgan fingerprint density at radius 3 is 2.50 bits per heavy atom. The van der Waals surface area contributed by atoms with Gasteiger partial charge in [0.2, 0.25) is 0 Å². The maximum atomic E-state index is 12.6. The monoisotopic (exact) mass is 286 g/mol. The molecule has 1 N–H and O–H groups in total. The third kappa shape index (κ3) is 3.33. The molecule has 0 saturated carbocycles. The van der Waals surface area contributed by atoms with Crippen LogP contribution < -0.4 is 5.32 Å². The molecule has 0 bridgehead atoms. The van der Waals surface area contributed by atoms with E-state index >= 15 is 0 Å². The Hall–Kier alpha value is -1.07. The first-order valence-electron chi connectivity index (χ1n) is 7.01. The van der Waals surface area contributed by atoms with Gasteiger partial charge in [-0.05, 0) is 51.1 Å². The molecule has 0 spiro atoms. The number of hydrogen-bond donors (Lipinski definition) is 1. The molecule has 1 aliphatic rings. The third-order valence-corrected chi connectivity index (χ3v) is 4.08. The predicted molar refractivity (Wildman–Crippen MR) is 73.5 cm³/mol. The van der Waals surface area contributed by atoms with Crippen molar-refractivity contribution in [1.82, 2.24) is 10.2 Å². The van der Waals surface area contributed by atoms with Gasteiger partial charge < -0.3 is 5.32 Å². The summed E-state index contributed by atoms with van der Waals surface area (Å²) in [6.45, 7) is 4.00.